The number of ether oxygens (including phenoxy) is 2. The highest BCUT2D eigenvalue weighted by Crippen LogP contribution is 2.33. The Hall–Kier alpha value is -2.51. The Morgan fingerprint density at radius 2 is 2.12 bits per heavy atom. The number of nitrogens with zero attached hydrogens (tertiary/aromatic N) is 2. The van der Waals surface area contributed by atoms with E-state index >= 15 is 0 Å². The van der Waals surface area contributed by atoms with Crippen LogP contribution >= 0.6 is 0 Å². The number of hydrogen-bond donors (Lipinski definition) is 1. The van der Waals surface area contributed by atoms with Crippen molar-refractivity contribution in [3.63, 3.8) is 0 Å². The highest BCUT2D eigenvalue weighted by Gasteiger charge is 2.42. The van der Waals surface area contributed by atoms with Crippen molar-refractivity contribution in [3.8, 4) is 0 Å². The fourth-order valence-electron chi connectivity index (χ4n) is 2.71. The summed E-state index contributed by atoms with van der Waals surface area (Å²) in [5.41, 5.74) is 0.902. The van der Waals surface area contributed by atoms with Crippen LogP contribution in [0.4, 0.5) is 0 Å². The molecule has 1 aromatic carbocycles. The van der Waals surface area contributed by atoms with Crippen LogP contribution in [0.25, 0.3) is 12.2 Å². The van der Waals surface area contributed by atoms with E-state index in [4.69, 9.17) is 13.9 Å². The number of hydrogen-bond acceptors (Lipinski definition) is 6. The zero-order chi connectivity index (χ0) is 17.7. The fraction of sp³-hybridized carbons (Fsp3) is 0.389. The zero-order valence-electron chi connectivity index (χ0n) is 14.3. The molecule has 1 N–H and O–H groups in total. The molecule has 0 aliphatic carbocycles. The molecule has 2 heterocycles. The summed E-state index contributed by atoms with van der Waals surface area (Å²) in [5, 5.41) is 10.8. The molecule has 7 nitrogen and oxygen atoms in total. The van der Waals surface area contributed by atoms with Gasteiger partial charge < -0.3 is 19.2 Å². The minimum Gasteiger partial charge on any atom is -0.418 e. The van der Waals surface area contributed by atoms with Crippen molar-refractivity contribution in [1.82, 2.24) is 15.5 Å². The number of carbonyl (C=O) groups is 1. The van der Waals surface area contributed by atoms with Gasteiger partial charge in [-0.15, -0.1) is 10.2 Å². The number of rotatable bonds is 6. The molecule has 132 valence electrons. The summed E-state index contributed by atoms with van der Waals surface area (Å²) in [4.78, 5) is 11.5. The molecular weight excluding hydrogens is 322 g/mol. The second-order valence-corrected chi connectivity index (χ2v) is 5.71. The van der Waals surface area contributed by atoms with E-state index < -0.39 is 5.60 Å². The van der Waals surface area contributed by atoms with E-state index in [-0.39, 0.29) is 5.91 Å². The molecule has 1 aliphatic heterocycles. The van der Waals surface area contributed by atoms with Crippen LogP contribution in [-0.4, -0.2) is 43.0 Å². The summed E-state index contributed by atoms with van der Waals surface area (Å²) in [6.07, 6.45) is 4.29. The van der Waals surface area contributed by atoms with Crippen LogP contribution in [0.5, 0.6) is 0 Å². The smallest absolute Gasteiger partial charge is 0.251 e. The summed E-state index contributed by atoms with van der Waals surface area (Å²) < 4.78 is 17.0. The molecule has 1 aromatic heterocycles. The number of carbonyl (C=O) groups excluding carboxylic acids is 1. The van der Waals surface area contributed by atoms with Crippen LogP contribution < -0.4 is 5.32 Å². The molecule has 3 rings (SSSR count). The van der Waals surface area contributed by atoms with Gasteiger partial charge in [0.05, 0.1) is 13.2 Å². The highest BCUT2D eigenvalue weighted by molar-refractivity contribution is 5.94. The fourth-order valence-corrected chi connectivity index (χ4v) is 2.71. The first-order chi connectivity index (χ1) is 12.2. The minimum absolute atomic E-state index is 0.114. The Labute approximate surface area is 146 Å². The molecule has 0 saturated carbocycles. The van der Waals surface area contributed by atoms with Crippen LogP contribution in [-0.2, 0) is 15.1 Å². The average molecular weight is 343 g/mol. The van der Waals surface area contributed by atoms with Gasteiger partial charge in [0.2, 0.25) is 5.89 Å². The van der Waals surface area contributed by atoms with Gasteiger partial charge in [-0.05, 0) is 30.7 Å². The van der Waals surface area contributed by atoms with Crippen LogP contribution in [0.2, 0.25) is 0 Å². The Balaban J connectivity index is 1.72. The van der Waals surface area contributed by atoms with Gasteiger partial charge in [0.25, 0.3) is 11.8 Å². The summed E-state index contributed by atoms with van der Waals surface area (Å²) in [5.74, 6) is 0.731. The molecule has 25 heavy (non-hydrogen) atoms. The third kappa shape index (κ3) is 3.78. The molecule has 0 spiro atoms. The second kappa shape index (κ2) is 7.58. The summed E-state index contributed by atoms with van der Waals surface area (Å²) in [7, 11) is 1.60. The highest BCUT2D eigenvalue weighted by atomic mass is 16.6. The van der Waals surface area contributed by atoms with Crippen molar-refractivity contribution in [2.75, 3.05) is 26.9 Å². The third-order valence-corrected chi connectivity index (χ3v) is 4.05. The van der Waals surface area contributed by atoms with Gasteiger partial charge in [0.15, 0.2) is 5.60 Å². The van der Waals surface area contributed by atoms with Gasteiger partial charge in [0, 0.05) is 31.7 Å². The van der Waals surface area contributed by atoms with E-state index in [1.165, 1.54) is 0 Å². The lowest BCUT2D eigenvalue weighted by Crippen LogP contribution is -2.30. The van der Waals surface area contributed by atoms with Crippen LogP contribution in [0, 0.1) is 0 Å². The largest absolute Gasteiger partial charge is 0.418 e. The van der Waals surface area contributed by atoms with Gasteiger partial charge in [0.1, 0.15) is 0 Å². The molecule has 1 fully saturated rings. The number of benzene rings is 1. The van der Waals surface area contributed by atoms with Crippen LogP contribution in [0.3, 0.4) is 0 Å². The van der Waals surface area contributed by atoms with Gasteiger partial charge >= 0.3 is 0 Å². The summed E-state index contributed by atoms with van der Waals surface area (Å²) in [6.45, 7) is 3.52. The van der Waals surface area contributed by atoms with Crippen molar-refractivity contribution in [2.45, 2.75) is 18.9 Å². The Kier molecular flexibility index (Phi) is 5.25. The average Bonchev–Trinajstić information content (AvgIpc) is 3.30. The van der Waals surface area contributed by atoms with Gasteiger partial charge in [-0.25, -0.2) is 0 Å². The third-order valence-electron chi connectivity index (χ3n) is 4.05. The van der Waals surface area contributed by atoms with Crippen molar-refractivity contribution in [1.29, 1.82) is 0 Å². The van der Waals surface area contributed by atoms with Crippen molar-refractivity contribution in [3.05, 3.63) is 47.2 Å². The van der Waals surface area contributed by atoms with Crippen molar-refractivity contribution < 1.29 is 18.7 Å². The maximum Gasteiger partial charge on any atom is 0.251 e. The van der Waals surface area contributed by atoms with E-state index in [1.54, 1.807) is 25.3 Å². The molecule has 1 amide bonds. The molecule has 1 unspecified atom stereocenters. The maximum absolute atomic E-state index is 11.5. The van der Waals surface area contributed by atoms with E-state index in [1.807, 2.05) is 25.1 Å². The normalized spacial score (nSPS) is 20.2. The quantitative estimate of drug-likeness (QED) is 0.866. The Bertz CT molecular complexity index is 746. The van der Waals surface area contributed by atoms with Gasteiger partial charge in [-0.2, -0.15) is 0 Å². The predicted octanol–water partition coefficient (Wildman–Crippen LogP) is 2.25. The first kappa shape index (κ1) is 17.3. The molecule has 1 aliphatic rings. The number of nitrogens with one attached hydrogen (secondary N) is 1. The zero-order valence-corrected chi connectivity index (χ0v) is 14.3. The molecule has 0 radical (unpaired) electrons. The van der Waals surface area contributed by atoms with Crippen molar-refractivity contribution in [2.24, 2.45) is 0 Å². The van der Waals surface area contributed by atoms with Crippen LogP contribution in [0.15, 0.2) is 28.7 Å². The minimum atomic E-state index is -0.636. The Morgan fingerprint density at radius 3 is 2.76 bits per heavy atom. The Morgan fingerprint density at radius 1 is 1.32 bits per heavy atom. The molecule has 0 bridgehead atoms. The monoisotopic (exact) mass is 343 g/mol. The molecule has 1 saturated heterocycles. The first-order valence-electron chi connectivity index (χ1n) is 8.23. The van der Waals surface area contributed by atoms with E-state index in [0.717, 1.165) is 5.56 Å². The van der Waals surface area contributed by atoms with E-state index in [2.05, 4.69) is 15.5 Å². The molecule has 7 heteroatoms. The lowest BCUT2D eigenvalue weighted by atomic mass is 10.0. The van der Waals surface area contributed by atoms with Crippen LogP contribution in [0.1, 0.15) is 41.0 Å². The first-order valence-corrected chi connectivity index (χ1v) is 8.23. The lowest BCUT2D eigenvalue weighted by molar-refractivity contribution is -0.0661. The maximum atomic E-state index is 11.5. The summed E-state index contributed by atoms with van der Waals surface area (Å²) >= 11 is 0. The van der Waals surface area contributed by atoms with Crippen molar-refractivity contribution >= 4 is 18.1 Å². The molecule has 2 aromatic rings. The SMILES string of the molecule is CCOC1(c2nnc(C=Cc3ccc(C(=O)NC)cc3)o2)CCOC1. The van der Waals surface area contributed by atoms with E-state index in [9.17, 15) is 4.79 Å². The topological polar surface area (TPSA) is 86.5 Å². The standard InChI is InChI=1S/C18H21N3O4/c1-3-24-18(10-11-23-12-18)17-21-20-15(25-17)9-6-13-4-7-14(8-5-13)16(22)19-2/h4-9H,3,10-12H2,1-2H3,(H,19,22). The lowest BCUT2D eigenvalue weighted by Gasteiger charge is -2.22. The second-order valence-electron chi connectivity index (χ2n) is 5.71. The van der Waals surface area contributed by atoms with Gasteiger partial charge in [-0.1, -0.05) is 12.1 Å². The van der Waals surface area contributed by atoms with E-state index in [0.29, 0.717) is 43.6 Å². The molecule has 1 atom stereocenters. The number of aromatic nitrogens is 2. The van der Waals surface area contributed by atoms with Gasteiger partial charge in [-0.3, -0.25) is 4.79 Å². The molecular formula is C18H21N3O4. The number of amides is 1. The predicted molar refractivity (Wildman–Crippen MR) is 91.8 cm³/mol. The summed E-state index contributed by atoms with van der Waals surface area (Å²) in [6, 6.07) is 7.23.